The minimum absolute atomic E-state index is 0.170. The molecule has 0 saturated heterocycles. The molecule has 2 aromatic carbocycles. The zero-order valence-corrected chi connectivity index (χ0v) is 13.4. The quantitative estimate of drug-likeness (QED) is 0.637. The van der Waals surface area contributed by atoms with Crippen LogP contribution < -0.4 is 5.32 Å². The second kappa shape index (κ2) is 7.56. The number of benzene rings is 2. The molecule has 2 rings (SSSR count). The van der Waals surface area contributed by atoms with Gasteiger partial charge in [-0.05, 0) is 42.8 Å². The van der Waals surface area contributed by atoms with Crippen molar-refractivity contribution < 1.29 is 9.59 Å². The standard InChI is InChI=1S/C19H16ClNO2/c1-13(2)19(23)21-16-8-5-7-15(12-16)18(22)11-10-14-6-3-4-9-17(14)20/h3-12H,1H2,2H3,(H,21,23)/b11-10+. The molecule has 0 saturated carbocycles. The summed E-state index contributed by atoms with van der Waals surface area (Å²) in [6, 6.07) is 14.0. The molecular formula is C19H16ClNO2. The lowest BCUT2D eigenvalue weighted by Crippen LogP contribution is -2.12. The molecule has 0 unspecified atom stereocenters. The number of hydrogen-bond donors (Lipinski definition) is 1. The summed E-state index contributed by atoms with van der Waals surface area (Å²) in [5.74, 6) is -0.447. The van der Waals surface area contributed by atoms with Crippen LogP contribution in [0.15, 0.2) is 66.8 Å². The van der Waals surface area contributed by atoms with Gasteiger partial charge in [0.05, 0.1) is 0 Å². The van der Waals surface area contributed by atoms with Crippen molar-refractivity contribution in [2.75, 3.05) is 5.32 Å². The van der Waals surface area contributed by atoms with Crippen LogP contribution in [0.4, 0.5) is 5.69 Å². The lowest BCUT2D eigenvalue weighted by Gasteiger charge is -2.05. The van der Waals surface area contributed by atoms with Gasteiger partial charge in [-0.2, -0.15) is 0 Å². The number of amides is 1. The number of nitrogens with one attached hydrogen (secondary N) is 1. The molecule has 116 valence electrons. The molecule has 0 atom stereocenters. The van der Waals surface area contributed by atoms with Crippen LogP contribution in [-0.4, -0.2) is 11.7 Å². The molecular weight excluding hydrogens is 310 g/mol. The van der Waals surface area contributed by atoms with Crippen molar-refractivity contribution in [2.24, 2.45) is 0 Å². The molecule has 0 aliphatic heterocycles. The fraction of sp³-hybridized carbons (Fsp3) is 0.0526. The summed E-state index contributed by atoms with van der Waals surface area (Å²) in [4.78, 5) is 23.9. The lowest BCUT2D eigenvalue weighted by molar-refractivity contribution is -0.112. The minimum atomic E-state index is -0.277. The number of halogens is 1. The first kappa shape index (κ1) is 16.7. The fourth-order valence-electron chi connectivity index (χ4n) is 1.86. The SMILES string of the molecule is C=C(C)C(=O)Nc1cccc(C(=O)/C=C/c2ccccc2Cl)c1. The van der Waals surface area contributed by atoms with Gasteiger partial charge in [-0.3, -0.25) is 9.59 Å². The largest absolute Gasteiger partial charge is 0.322 e. The second-order valence-electron chi connectivity index (χ2n) is 5.03. The Morgan fingerprint density at radius 2 is 1.87 bits per heavy atom. The summed E-state index contributed by atoms with van der Waals surface area (Å²) in [5, 5.41) is 3.27. The van der Waals surface area contributed by atoms with E-state index in [1.54, 1.807) is 43.3 Å². The van der Waals surface area contributed by atoms with Gasteiger partial charge in [-0.15, -0.1) is 0 Å². The van der Waals surface area contributed by atoms with E-state index in [2.05, 4.69) is 11.9 Å². The van der Waals surface area contributed by atoms with Gasteiger partial charge in [0.25, 0.3) is 5.91 Å². The van der Waals surface area contributed by atoms with Gasteiger partial charge in [0.15, 0.2) is 5.78 Å². The normalized spacial score (nSPS) is 10.5. The van der Waals surface area contributed by atoms with Crippen molar-refractivity contribution in [3.8, 4) is 0 Å². The molecule has 4 heteroatoms. The summed E-state index contributed by atoms with van der Waals surface area (Å²) in [7, 11) is 0. The van der Waals surface area contributed by atoms with Crippen molar-refractivity contribution in [3.63, 3.8) is 0 Å². The average molecular weight is 326 g/mol. The Balaban J connectivity index is 2.15. The van der Waals surface area contributed by atoms with Crippen LogP contribution in [-0.2, 0) is 4.79 Å². The summed E-state index contributed by atoms with van der Waals surface area (Å²) < 4.78 is 0. The van der Waals surface area contributed by atoms with Gasteiger partial charge in [-0.1, -0.05) is 48.5 Å². The van der Waals surface area contributed by atoms with Gasteiger partial charge in [0.1, 0.15) is 0 Å². The predicted molar refractivity (Wildman–Crippen MR) is 94.7 cm³/mol. The number of rotatable bonds is 5. The highest BCUT2D eigenvalue weighted by atomic mass is 35.5. The van der Waals surface area contributed by atoms with E-state index in [9.17, 15) is 9.59 Å². The van der Waals surface area contributed by atoms with E-state index >= 15 is 0 Å². The number of carbonyl (C=O) groups excluding carboxylic acids is 2. The Kier molecular flexibility index (Phi) is 5.50. The molecule has 0 aromatic heterocycles. The molecule has 0 heterocycles. The molecule has 0 spiro atoms. The topological polar surface area (TPSA) is 46.2 Å². The number of allylic oxidation sites excluding steroid dienone is 1. The highest BCUT2D eigenvalue weighted by Crippen LogP contribution is 2.17. The first-order valence-corrected chi connectivity index (χ1v) is 7.39. The minimum Gasteiger partial charge on any atom is -0.322 e. The van der Waals surface area contributed by atoms with Crippen LogP contribution >= 0.6 is 11.6 Å². The first-order chi connectivity index (χ1) is 11.0. The summed E-state index contributed by atoms with van der Waals surface area (Å²) >= 11 is 6.05. The Labute approximate surface area is 140 Å². The number of carbonyl (C=O) groups is 2. The Bertz CT molecular complexity index is 793. The maximum absolute atomic E-state index is 12.2. The third kappa shape index (κ3) is 4.66. The van der Waals surface area contributed by atoms with Gasteiger partial charge in [0, 0.05) is 21.8 Å². The zero-order chi connectivity index (χ0) is 16.8. The molecule has 1 N–H and O–H groups in total. The Morgan fingerprint density at radius 3 is 2.57 bits per heavy atom. The van der Waals surface area contributed by atoms with E-state index < -0.39 is 0 Å². The van der Waals surface area contributed by atoms with E-state index in [4.69, 9.17) is 11.6 Å². The highest BCUT2D eigenvalue weighted by molar-refractivity contribution is 6.32. The van der Waals surface area contributed by atoms with Crippen LogP contribution in [0.1, 0.15) is 22.8 Å². The van der Waals surface area contributed by atoms with E-state index in [1.807, 2.05) is 18.2 Å². The Morgan fingerprint density at radius 1 is 1.13 bits per heavy atom. The Hall–Kier alpha value is -2.65. The van der Waals surface area contributed by atoms with Crippen molar-refractivity contribution in [1.29, 1.82) is 0 Å². The molecule has 0 aliphatic rings. The van der Waals surface area contributed by atoms with Gasteiger partial charge in [0.2, 0.25) is 0 Å². The second-order valence-corrected chi connectivity index (χ2v) is 5.44. The lowest BCUT2D eigenvalue weighted by atomic mass is 10.1. The number of hydrogen-bond acceptors (Lipinski definition) is 2. The van der Waals surface area contributed by atoms with Crippen LogP contribution in [0.2, 0.25) is 5.02 Å². The summed E-state index contributed by atoms with van der Waals surface area (Å²) in [6.07, 6.45) is 3.13. The average Bonchev–Trinajstić information content (AvgIpc) is 2.54. The van der Waals surface area contributed by atoms with E-state index in [0.29, 0.717) is 21.8 Å². The van der Waals surface area contributed by atoms with Gasteiger partial charge < -0.3 is 5.32 Å². The van der Waals surface area contributed by atoms with Crippen molar-refractivity contribution >= 4 is 35.1 Å². The van der Waals surface area contributed by atoms with Crippen molar-refractivity contribution in [1.82, 2.24) is 0 Å². The molecule has 0 bridgehead atoms. The smallest absolute Gasteiger partial charge is 0.250 e. The predicted octanol–water partition coefficient (Wildman–Crippen LogP) is 4.75. The first-order valence-electron chi connectivity index (χ1n) is 7.01. The maximum atomic E-state index is 12.2. The van der Waals surface area contributed by atoms with Crippen molar-refractivity contribution in [3.05, 3.63) is 82.9 Å². The number of ketones is 1. The zero-order valence-electron chi connectivity index (χ0n) is 12.7. The third-order valence-electron chi connectivity index (χ3n) is 3.11. The van der Waals surface area contributed by atoms with Crippen LogP contribution in [0, 0.1) is 0 Å². The fourth-order valence-corrected chi connectivity index (χ4v) is 2.06. The van der Waals surface area contributed by atoms with Crippen LogP contribution in [0.3, 0.4) is 0 Å². The van der Waals surface area contributed by atoms with Crippen molar-refractivity contribution in [2.45, 2.75) is 6.92 Å². The highest BCUT2D eigenvalue weighted by Gasteiger charge is 2.06. The molecule has 2 aromatic rings. The third-order valence-corrected chi connectivity index (χ3v) is 3.46. The van der Waals surface area contributed by atoms with E-state index in [-0.39, 0.29) is 11.7 Å². The summed E-state index contributed by atoms with van der Waals surface area (Å²) in [6.45, 7) is 5.20. The molecule has 23 heavy (non-hydrogen) atoms. The van der Waals surface area contributed by atoms with E-state index in [0.717, 1.165) is 5.56 Å². The monoisotopic (exact) mass is 325 g/mol. The molecule has 0 aliphatic carbocycles. The van der Waals surface area contributed by atoms with E-state index in [1.165, 1.54) is 6.08 Å². The maximum Gasteiger partial charge on any atom is 0.250 e. The van der Waals surface area contributed by atoms with Gasteiger partial charge in [-0.25, -0.2) is 0 Å². The summed E-state index contributed by atoms with van der Waals surface area (Å²) in [5.41, 5.74) is 2.21. The molecule has 3 nitrogen and oxygen atoms in total. The molecule has 1 amide bonds. The van der Waals surface area contributed by atoms with Crippen LogP contribution in [0.25, 0.3) is 6.08 Å². The van der Waals surface area contributed by atoms with Crippen LogP contribution in [0.5, 0.6) is 0 Å². The molecule has 0 radical (unpaired) electrons. The van der Waals surface area contributed by atoms with Gasteiger partial charge >= 0.3 is 0 Å². The molecule has 0 fully saturated rings. The number of anilines is 1.